The second-order valence-electron chi connectivity index (χ2n) is 7.08. The summed E-state index contributed by atoms with van der Waals surface area (Å²) < 4.78 is 0. The van der Waals surface area contributed by atoms with E-state index in [2.05, 4.69) is 22.8 Å². The van der Waals surface area contributed by atoms with E-state index in [0.29, 0.717) is 6.04 Å². The van der Waals surface area contributed by atoms with Gasteiger partial charge in [-0.2, -0.15) is 0 Å². The molecule has 2 bridgehead atoms. The lowest BCUT2D eigenvalue weighted by Crippen LogP contribution is -2.41. The zero-order valence-electron chi connectivity index (χ0n) is 11.5. The minimum absolute atomic E-state index is 0.0635. The van der Waals surface area contributed by atoms with Crippen molar-refractivity contribution in [3.63, 3.8) is 0 Å². The number of hydrogen-bond donors (Lipinski definition) is 2. The van der Waals surface area contributed by atoms with Crippen LogP contribution in [0.1, 0.15) is 24.8 Å². The molecule has 0 saturated heterocycles. The third-order valence-electron chi connectivity index (χ3n) is 6.13. The van der Waals surface area contributed by atoms with Crippen molar-refractivity contribution < 1.29 is 4.79 Å². The highest BCUT2D eigenvalue weighted by molar-refractivity contribution is 5.88. The predicted molar refractivity (Wildman–Crippen MR) is 77.3 cm³/mol. The van der Waals surface area contributed by atoms with E-state index in [0.717, 1.165) is 35.8 Å². The van der Waals surface area contributed by atoms with E-state index < -0.39 is 0 Å². The second kappa shape index (κ2) is 3.78. The van der Waals surface area contributed by atoms with E-state index in [4.69, 9.17) is 0 Å². The number of amides is 1. The fourth-order valence-corrected chi connectivity index (χ4v) is 5.24. The van der Waals surface area contributed by atoms with Gasteiger partial charge in [0.2, 0.25) is 5.91 Å². The van der Waals surface area contributed by atoms with Crippen LogP contribution >= 0.6 is 0 Å². The molecule has 1 aromatic rings. The number of fused-ring (bicyclic) bond motifs is 6. The summed E-state index contributed by atoms with van der Waals surface area (Å²) in [4.78, 5) is 12.5. The molecule has 3 aliphatic carbocycles. The van der Waals surface area contributed by atoms with Crippen molar-refractivity contribution in [2.45, 2.75) is 37.8 Å². The molecule has 5 atom stereocenters. The van der Waals surface area contributed by atoms with Crippen LogP contribution in [0.4, 0.5) is 5.69 Å². The topological polar surface area (TPSA) is 41.1 Å². The summed E-state index contributed by atoms with van der Waals surface area (Å²) in [5.74, 6) is 3.69. The summed E-state index contributed by atoms with van der Waals surface area (Å²) in [6.07, 6.45) is 5.09. The Hall–Kier alpha value is -1.51. The highest BCUT2D eigenvalue weighted by Crippen LogP contribution is 2.65. The molecule has 3 heteroatoms. The minimum Gasteiger partial charge on any atom is -0.373 e. The molecular weight excluding hydrogens is 248 g/mol. The molecule has 1 aromatic carbocycles. The van der Waals surface area contributed by atoms with Crippen LogP contribution in [0.3, 0.4) is 0 Å². The lowest BCUT2D eigenvalue weighted by molar-refractivity contribution is -0.122. The summed E-state index contributed by atoms with van der Waals surface area (Å²) in [7, 11) is 0. The zero-order valence-corrected chi connectivity index (χ0v) is 11.5. The van der Waals surface area contributed by atoms with E-state index in [1.54, 1.807) is 0 Å². The molecule has 5 rings (SSSR count). The van der Waals surface area contributed by atoms with E-state index >= 15 is 0 Å². The van der Waals surface area contributed by atoms with E-state index in [1.165, 1.54) is 24.8 Å². The van der Waals surface area contributed by atoms with Crippen LogP contribution < -0.4 is 10.6 Å². The molecule has 0 aromatic heterocycles. The zero-order chi connectivity index (χ0) is 13.3. The van der Waals surface area contributed by atoms with Crippen molar-refractivity contribution in [2.75, 3.05) is 5.32 Å². The summed E-state index contributed by atoms with van der Waals surface area (Å²) in [6.45, 7) is 0. The van der Waals surface area contributed by atoms with E-state index in [1.807, 2.05) is 12.1 Å². The van der Waals surface area contributed by atoms with Crippen LogP contribution in [0.25, 0.3) is 0 Å². The van der Waals surface area contributed by atoms with Crippen molar-refractivity contribution in [2.24, 2.45) is 23.7 Å². The van der Waals surface area contributed by atoms with Crippen molar-refractivity contribution in [1.29, 1.82) is 0 Å². The number of benzene rings is 1. The Morgan fingerprint density at radius 2 is 1.90 bits per heavy atom. The van der Waals surface area contributed by atoms with Gasteiger partial charge >= 0.3 is 0 Å². The third kappa shape index (κ3) is 1.44. The standard InChI is InChI=1S/C17H20N2O/c20-17(13-8-9-3-1-2-4-12(9)18-13)19-16-14-10-5-6-11(7-10)15(14)16/h1-4,10-11,13-16,18H,5-8H2,(H,19,20)/t10?,11?,13-,14?,15?,16?/m0/s1. The Morgan fingerprint density at radius 1 is 1.15 bits per heavy atom. The van der Waals surface area contributed by atoms with Gasteiger partial charge in [0, 0.05) is 18.2 Å². The van der Waals surface area contributed by atoms with Gasteiger partial charge in [-0.25, -0.2) is 0 Å². The molecule has 1 aliphatic heterocycles. The number of carbonyl (C=O) groups is 1. The number of para-hydroxylation sites is 1. The molecule has 3 saturated carbocycles. The Balaban J connectivity index is 1.25. The molecule has 4 aliphatic rings. The van der Waals surface area contributed by atoms with Gasteiger partial charge in [0.25, 0.3) is 0 Å². The molecular formula is C17H20N2O. The average Bonchev–Trinajstić information content (AvgIpc) is 2.91. The first-order chi connectivity index (χ1) is 9.81. The summed E-state index contributed by atoms with van der Waals surface area (Å²) in [5.41, 5.74) is 2.40. The van der Waals surface area contributed by atoms with E-state index in [9.17, 15) is 4.79 Å². The van der Waals surface area contributed by atoms with Gasteiger partial charge in [-0.15, -0.1) is 0 Å². The Kier molecular flexibility index (Phi) is 2.11. The normalized spacial score (nSPS) is 42.8. The van der Waals surface area contributed by atoms with Crippen LogP contribution in [0.2, 0.25) is 0 Å². The molecule has 1 heterocycles. The fourth-order valence-electron chi connectivity index (χ4n) is 5.24. The molecule has 3 fully saturated rings. The first-order valence-electron chi connectivity index (χ1n) is 7.96. The highest BCUT2D eigenvalue weighted by Gasteiger charge is 2.65. The molecule has 0 spiro atoms. The maximum Gasteiger partial charge on any atom is 0.243 e. The second-order valence-corrected chi connectivity index (χ2v) is 7.08. The molecule has 1 amide bonds. The monoisotopic (exact) mass is 268 g/mol. The predicted octanol–water partition coefficient (Wildman–Crippen LogP) is 2.18. The summed E-state index contributed by atoms with van der Waals surface area (Å²) in [6, 6.07) is 8.68. The quantitative estimate of drug-likeness (QED) is 0.863. The number of carbonyl (C=O) groups excluding carboxylic acids is 1. The van der Waals surface area contributed by atoms with Gasteiger partial charge in [0.1, 0.15) is 6.04 Å². The Morgan fingerprint density at radius 3 is 2.65 bits per heavy atom. The van der Waals surface area contributed by atoms with Gasteiger partial charge in [0.15, 0.2) is 0 Å². The van der Waals surface area contributed by atoms with Crippen molar-refractivity contribution in [3.8, 4) is 0 Å². The summed E-state index contributed by atoms with van der Waals surface area (Å²) >= 11 is 0. The molecule has 104 valence electrons. The Bertz CT molecular complexity index is 543. The lowest BCUT2D eigenvalue weighted by atomic mass is 10.0. The number of hydrogen-bond acceptors (Lipinski definition) is 2. The van der Waals surface area contributed by atoms with Crippen molar-refractivity contribution in [3.05, 3.63) is 29.8 Å². The molecule has 20 heavy (non-hydrogen) atoms. The van der Waals surface area contributed by atoms with Gasteiger partial charge in [-0.1, -0.05) is 18.2 Å². The van der Waals surface area contributed by atoms with Crippen LogP contribution in [0, 0.1) is 23.7 Å². The molecule has 0 radical (unpaired) electrons. The van der Waals surface area contributed by atoms with E-state index in [-0.39, 0.29) is 11.9 Å². The third-order valence-corrected chi connectivity index (χ3v) is 6.13. The van der Waals surface area contributed by atoms with Crippen LogP contribution in [-0.4, -0.2) is 18.0 Å². The number of nitrogens with one attached hydrogen (secondary N) is 2. The van der Waals surface area contributed by atoms with Gasteiger partial charge < -0.3 is 10.6 Å². The first kappa shape index (κ1) is 11.2. The van der Waals surface area contributed by atoms with Crippen molar-refractivity contribution >= 4 is 11.6 Å². The van der Waals surface area contributed by atoms with Gasteiger partial charge in [-0.3, -0.25) is 4.79 Å². The van der Waals surface area contributed by atoms with Gasteiger partial charge in [0.05, 0.1) is 0 Å². The molecule has 3 nitrogen and oxygen atoms in total. The molecule has 2 N–H and O–H groups in total. The van der Waals surface area contributed by atoms with Crippen LogP contribution in [0.5, 0.6) is 0 Å². The van der Waals surface area contributed by atoms with Gasteiger partial charge in [-0.05, 0) is 54.6 Å². The van der Waals surface area contributed by atoms with Crippen LogP contribution in [-0.2, 0) is 11.2 Å². The smallest absolute Gasteiger partial charge is 0.243 e. The fraction of sp³-hybridized carbons (Fsp3) is 0.588. The maximum absolute atomic E-state index is 12.5. The SMILES string of the molecule is O=C(NC1C2C3CCC(C3)C12)[C@@H]1Cc2ccccc2N1. The molecule has 4 unspecified atom stereocenters. The minimum atomic E-state index is -0.0635. The number of rotatable bonds is 2. The largest absolute Gasteiger partial charge is 0.373 e. The maximum atomic E-state index is 12.5. The van der Waals surface area contributed by atoms with Crippen molar-refractivity contribution in [1.82, 2.24) is 5.32 Å². The average molecular weight is 268 g/mol. The Labute approximate surface area is 119 Å². The lowest BCUT2D eigenvalue weighted by Gasteiger charge is -2.15. The van der Waals surface area contributed by atoms with Crippen LogP contribution in [0.15, 0.2) is 24.3 Å². The number of anilines is 1. The highest BCUT2D eigenvalue weighted by atomic mass is 16.2. The summed E-state index contributed by atoms with van der Waals surface area (Å²) in [5, 5.41) is 6.69. The first-order valence-corrected chi connectivity index (χ1v) is 7.96.